The molecule has 0 saturated heterocycles. The number of hydrogen-bond donors (Lipinski definition) is 0. The summed E-state index contributed by atoms with van der Waals surface area (Å²) >= 11 is 3.79. The molecule has 10 rings (SSSR count). The lowest BCUT2D eigenvalue weighted by Gasteiger charge is -2.30. The fourth-order valence-electron chi connectivity index (χ4n) is 7.81. The van der Waals surface area contributed by atoms with E-state index in [1.54, 1.807) is 0 Å². The van der Waals surface area contributed by atoms with E-state index < -0.39 is 0 Å². The first-order chi connectivity index (χ1) is 25.3. The molecule has 1 aromatic heterocycles. The summed E-state index contributed by atoms with van der Waals surface area (Å²) in [5.41, 5.74) is 7.34. The van der Waals surface area contributed by atoms with Crippen LogP contribution in [0.5, 0.6) is 0 Å². The lowest BCUT2D eigenvalue weighted by Crippen LogP contribution is -2.12. The summed E-state index contributed by atoms with van der Waals surface area (Å²) in [5, 5.41) is 10.1. The van der Waals surface area contributed by atoms with Crippen LogP contribution in [0.3, 0.4) is 0 Å². The Hall–Kier alpha value is -5.61. The summed E-state index contributed by atoms with van der Waals surface area (Å²) in [5.74, 6) is 0.971. The molecule has 1 aliphatic heterocycles. The molecule has 0 spiro atoms. The number of rotatable bonds is 4. The average Bonchev–Trinajstić information content (AvgIpc) is 3.60. The Morgan fingerprint density at radius 1 is 0.471 bits per heavy atom. The highest BCUT2D eigenvalue weighted by molar-refractivity contribution is 7.99. The van der Waals surface area contributed by atoms with Gasteiger partial charge in [0.2, 0.25) is 0 Å². The van der Waals surface area contributed by atoms with Gasteiger partial charge < -0.3 is 4.90 Å². The van der Waals surface area contributed by atoms with Crippen molar-refractivity contribution in [1.82, 2.24) is 0 Å². The van der Waals surface area contributed by atoms with E-state index in [2.05, 4.69) is 181 Å². The maximum atomic E-state index is 2.53. The molecule has 8 aromatic carbocycles. The van der Waals surface area contributed by atoms with E-state index in [0.29, 0.717) is 0 Å². The number of thioether (sulfide) groups is 1. The maximum Gasteiger partial charge on any atom is 0.0546 e. The van der Waals surface area contributed by atoms with E-state index in [1.807, 2.05) is 23.1 Å². The van der Waals surface area contributed by atoms with Crippen LogP contribution >= 0.6 is 23.1 Å². The first kappa shape index (κ1) is 30.2. The zero-order valence-corrected chi connectivity index (χ0v) is 29.6. The Balaban J connectivity index is 1.30. The van der Waals surface area contributed by atoms with Gasteiger partial charge >= 0.3 is 0 Å². The van der Waals surface area contributed by atoms with Crippen molar-refractivity contribution in [3.8, 4) is 11.1 Å². The van der Waals surface area contributed by atoms with E-state index in [4.69, 9.17) is 0 Å². The van der Waals surface area contributed by atoms with Gasteiger partial charge in [-0.15, -0.1) is 23.1 Å². The molecule has 242 valence electrons. The molecule has 0 amide bonds. The topological polar surface area (TPSA) is 3.24 Å². The second-order valence-corrected chi connectivity index (χ2v) is 15.3. The maximum absolute atomic E-state index is 2.53. The quantitative estimate of drug-likeness (QED) is 0.169. The third-order valence-corrected chi connectivity index (χ3v) is 12.4. The fraction of sp³-hybridized carbons (Fsp3) is 0.0417. The number of anilines is 3. The van der Waals surface area contributed by atoms with Crippen LogP contribution in [0.15, 0.2) is 181 Å². The minimum atomic E-state index is 0.905. The van der Waals surface area contributed by atoms with E-state index in [-0.39, 0.29) is 0 Å². The summed E-state index contributed by atoms with van der Waals surface area (Å²) in [6, 6.07) is 56.5. The number of benzene rings is 8. The highest BCUT2D eigenvalue weighted by Gasteiger charge is 2.23. The monoisotopic (exact) mass is 687 g/mol. The van der Waals surface area contributed by atoms with Gasteiger partial charge in [-0.3, -0.25) is 0 Å². The minimum Gasteiger partial charge on any atom is -0.309 e. The Kier molecular flexibility index (Phi) is 7.48. The minimum absolute atomic E-state index is 0.905. The Labute approximate surface area is 305 Å². The van der Waals surface area contributed by atoms with Crippen LogP contribution in [-0.2, 0) is 6.42 Å². The van der Waals surface area contributed by atoms with Gasteiger partial charge in [0.1, 0.15) is 0 Å². The second kappa shape index (κ2) is 12.6. The smallest absolute Gasteiger partial charge is 0.0546 e. The molecule has 9 aromatic rings. The standard InChI is InChI=1S/C48H33NS2/c1-2-12-28-50-45-27-23-35(29-34(45)15-3-1)48-38-17-7-4-13-32(38)22-26-43(48)49(36-24-25-42-41-20-10-11-21-46(41)51-47(42)31-36)44-30-33-14-5-6-16-37(33)39-18-8-9-19-40(39)44/h1-14,16-27,29-31H,15,28H2. The number of thiophene rings is 1. The van der Waals surface area contributed by atoms with Crippen molar-refractivity contribution in [3.05, 3.63) is 182 Å². The Morgan fingerprint density at radius 2 is 1.20 bits per heavy atom. The van der Waals surface area contributed by atoms with Crippen LogP contribution in [-0.4, -0.2) is 5.75 Å². The molecule has 2 heterocycles. The normalized spacial score (nSPS) is 13.1. The van der Waals surface area contributed by atoms with Crippen LogP contribution in [0.1, 0.15) is 5.56 Å². The Bertz CT molecular complexity index is 2860. The highest BCUT2D eigenvalue weighted by Crippen LogP contribution is 2.49. The largest absolute Gasteiger partial charge is 0.309 e. The molecule has 3 heteroatoms. The molecular formula is C48H33NS2. The van der Waals surface area contributed by atoms with Crippen LogP contribution in [0.25, 0.3) is 63.6 Å². The molecule has 0 N–H and O–H groups in total. The van der Waals surface area contributed by atoms with Crippen molar-refractivity contribution in [2.24, 2.45) is 0 Å². The lowest BCUT2D eigenvalue weighted by molar-refractivity contribution is 1.18. The van der Waals surface area contributed by atoms with Crippen molar-refractivity contribution >= 4 is 92.7 Å². The molecule has 0 bridgehead atoms. The molecule has 0 saturated carbocycles. The number of nitrogens with zero attached hydrogens (tertiary/aromatic N) is 1. The third kappa shape index (κ3) is 5.24. The predicted molar refractivity (Wildman–Crippen MR) is 225 cm³/mol. The summed E-state index contributed by atoms with van der Waals surface area (Å²) in [7, 11) is 0. The van der Waals surface area contributed by atoms with E-state index in [0.717, 1.165) is 17.9 Å². The first-order valence-corrected chi connectivity index (χ1v) is 19.3. The van der Waals surface area contributed by atoms with E-state index >= 15 is 0 Å². The zero-order chi connectivity index (χ0) is 33.7. The van der Waals surface area contributed by atoms with Crippen molar-refractivity contribution in [1.29, 1.82) is 0 Å². The zero-order valence-electron chi connectivity index (χ0n) is 27.9. The predicted octanol–water partition coefficient (Wildman–Crippen LogP) is 14.4. The number of hydrogen-bond acceptors (Lipinski definition) is 3. The molecule has 0 unspecified atom stereocenters. The molecule has 0 aliphatic carbocycles. The summed E-state index contributed by atoms with van der Waals surface area (Å²) in [6.07, 6.45) is 9.78. The van der Waals surface area contributed by atoms with E-state index in [9.17, 15) is 0 Å². The SMILES string of the molecule is C1=CCSc2ccc(-c3c(N(c4ccc5c(c4)sc4ccccc45)c4cc5ccccc5c5ccccc45)ccc4ccccc34)cc2CC=C1. The molecular weight excluding hydrogens is 655 g/mol. The fourth-order valence-corrected chi connectivity index (χ4v) is 9.83. The van der Waals surface area contributed by atoms with Crippen LogP contribution in [0.4, 0.5) is 17.1 Å². The van der Waals surface area contributed by atoms with Crippen molar-refractivity contribution < 1.29 is 0 Å². The van der Waals surface area contributed by atoms with Crippen molar-refractivity contribution in [2.45, 2.75) is 11.3 Å². The van der Waals surface area contributed by atoms with Gasteiger partial charge in [-0.05, 0) is 86.9 Å². The van der Waals surface area contributed by atoms with Crippen LogP contribution < -0.4 is 4.90 Å². The molecule has 0 atom stereocenters. The summed E-state index contributed by atoms with van der Waals surface area (Å²) in [6.45, 7) is 0. The van der Waals surface area contributed by atoms with Gasteiger partial charge in [0.25, 0.3) is 0 Å². The van der Waals surface area contributed by atoms with Crippen molar-refractivity contribution in [3.63, 3.8) is 0 Å². The Morgan fingerprint density at radius 3 is 2.10 bits per heavy atom. The number of allylic oxidation sites excluding steroid dienone is 3. The second-order valence-electron chi connectivity index (χ2n) is 13.2. The molecule has 0 fully saturated rings. The highest BCUT2D eigenvalue weighted by atomic mass is 32.2. The summed E-state index contributed by atoms with van der Waals surface area (Å²) < 4.78 is 2.61. The van der Waals surface area contributed by atoms with Gasteiger partial charge in [-0.25, -0.2) is 0 Å². The molecule has 0 radical (unpaired) electrons. The summed E-state index contributed by atoms with van der Waals surface area (Å²) in [4.78, 5) is 3.88. The average molecular weight is 688 g/mol. The number of fused-ring (bicyclic) bond motifs is 8. The molecule has 1 aliphatic rings. The van der Waals surface area contributed by atoms with Gasteiger partial charge in [0, 0.05) is 47.5 Å². The van der Waals surface area contributed by atoms with E-state index in [1.165, 1.54) is 85.5 Å². The molecule has 51 heavy (non-hydrogen) atoms. The van der Waals surface area contributed by atoms with Gasteiger partial charge in [-0.1, -0.05) is 133 Å². The van der Waals surface area contributed by atoms with Crippen LogP contribution in [0, 0.1) is 0 Å². The van der Waals surface area contributed by atoms with Gasteiger partial charge in [-0.2, -0.15) is 0 Å². The first-order valence-electron chi connectivity index (χ1n) is 17.5. The van der Waals surface area contributed by atoms with Gasteiger partial charge in [0.15, 0.2) is 0 Å². The third-order valence-electron chi connectivity index (χ3n) is 10.2. The molecule has 1 nitrogen and oxygen atoms in total. The lowest BCUT2D eigenvalue weighted by atomic mass is 9.92. The van der Waals surface area contributed by atoms with Gasteiger partial charge in [0.05, 0.1) is 11.4 Å². The van der Waals surface area contributed by atoms with Crippen LogP contribution in [0.2, 0.25) is 0 Å². The van der Waals surface area contributed by atoms with Crippen molar-refractivity contribution in [2.75, 3.05) is 10.7 Å².